The average molecular weight is 267 g/mol. The summed E-state index contributed by atoms with van der Waals surface area (Å²) >= 11 is 1.67. The molecule has 1 aromatic carbocycles. The zero-order chi connectivity index (χ0) is 13.6. The lowest BCUT2D eigenvalue weighted by Gasteiger charge is -2.26. The van der Waals surface area contributed by atoms with Crippen LogP contribution in [-0.4, -0.2) is 30.9 Å². The van der Waals surface area contributed by atoms with E-state index in [-0.39, 0.29) is 5.97 Å². The fourth-order valence-corrected chi connectivity index (χ4v) is 2.64. The van der Waals surface area contributed by atoms with E-state index in [9.17, 15) is 4.79 Å². The molecule has 1 rings (SSSR count). The van der Waals surface area contributed by atoms with Crippen molar-refractivity contribution < 1.29 is 9.53 Å². The van der Waals surface area contributed by atoms with E-state index in [1.807, 2.05) is 26.0 Å². The Kier molecular flexibility index (Phi) is 5.69. The first kappa shape index (κ1) is 15.1. The van der Waals surface area contributed by atoms with Crippen molar-refractivity contribution in [3.63, 3.8) is 0 Å². The third-order valence-electron chi connectivity index (χ3n) is 2.89. The summed E-state index contributed by atoms with van der Waals surface area (Å²) < 4.78 is 5.10. The Morgan fingerprint density at radius 3 is 2.67 bits per heavy atom. The minimum absolute atomic E-state index is 0.200. The van der Waals surface area contributed by atoms with Gasteiger partial charge in [0.15, 0.2) is 0 Å². The standard InChI is InChI=1S/C14H21NO2S/c1-5-17-13(16)14(3,15-4)10-18-12-9-7-6-8-11(12)2/h6-9,15H,5,10H2,1-4H3. The van der Waals surface area contributed by atoms with Crippen molar-refractivity contribution in [1.29, 1.82) is 0 Å². The SMILES string of the molecule is CCOC(=O)C(C)(CSc1ccccc1C)NC. The molecule has 0 radical (unpaired) electrons. The summed E-state index contributed by atoms with van der Waals surface area (Å²) in [5, 5.41) is 3.06. The van der Waals surface area contributed by atoms with Crippen molar-refractivity contribution in [3.05, 3.63) is 29.8 Å². The van der Waals surface area contributed by atoms with Crippen LogP contribution in [0, 0.1) is 6.92 Å². The van der Waals surface area contributed by atoms with E-state index in [2.05, 4.69) is 24.4 Å². The second-order valence-corrected chi connectivity index (χ2v) is 5.37. The Hall–Kier alpha value is -1.00. The van der Waals surface area contributed by atoms with E-state index in [1.165, 1.54) is 10.5 Å². The van der Waals surface area contributed by atoms with Gasteiger partial charge in [-0.15, -0.1) is 11.8 Å². The van der Waals surface area contributed by atoms with Gasteiger partial charge in [0.25, 0.3) is 0 Å². The summed E-state index contributed by atoms with van der Waals surface area (Å²) in [7, 11) is 1.79. The van der Waals surface area contributed by atoms with E-state index in [4.69, 9.17) is 4.74 Å². The Labute approximate surface area is 113 Å². The Morgan fingerprint density at radius 1 is 1.44 bits per heavy atom. The summed E-state index contributed by atoms with van der Waals surface area (Å²) in [4.78, 5) is 13.1. The highest BCUT2D eigenvalue weighted by atomic mass is 32.2. The monoisotopic (exact) mass is 267 g/mol. The van der Waals surface area contributed by atoms with Crippen molar-refractivity contribution in [2.24, 2.45) is 0 Å². The maximum Gasteiger partial charge on any atom is 0.326 e. The largest absolute Gasteiger partial charge is 0.465 e. The normalized spacial score (nSPS) is 14.0. The predicted octanol–water partition coefficient (Wildman–Crippen LogP) is 2.63. The number of rotatable bonds is 6. The third-order valence-corrected chi connectivity index (χ3v) is 4.38. The molecule has 1 aromatic rings. The molecule has 0 spiro atoms. The molecule has 0 heterocycles. The number of benzene rings is 1. The number of hydrogen-bond donors (Lipinski definition) is 1. The van der Waals surface area contributed by atoms with Gasteiger partial charge in [-0.1, -0.05) is 18.2 Å². The Balaban J connectivity index is 2.70. The zero-order valence-electron chi connectivity index (χ0n) is 11.4. The molecule has 0 bridgehead atoms. The van der Waals surface area contributed by atoms with Crippen molar-refractivity contribution >= 4 is 17.7 Å². The lowest BCUT2D eigenvalue weighted by atomic mass is 10.1. The molecule has 0 saturated carbocycles. The highest BCUT2D eigenvalue weighted by molar-refractivity contribution is 7.99. The number of esters is 1. The number of carbonyl (C=O) groups is 1. The minimum atomic E-state index is -0.650. The van der Waals surface area contributed by atoms with Crippen LogP contribution in [0.15, 0.2) is 29.2 Å². The molecule has 100 valence electrons. The van der Waals surface area contributed by atoms with Crippen LogP contribution in [0.4, 0.5) is 0 Å². The van der Waals surface area contributed by atoms with Gasteiger partial charge in [-0.3, -0.25) is 4.79 Å². The van der Waals surface area contributed by atoms with Gasteiger partial charge in [-0.05, 0) is 39.4 Å². The highest BCUT2D eigenvalue weighted by Crippen LogP contribution is 2.26. The molecule has 4 heteroatoms. The topological polar surface area (TPSA) is 38.3 Å². The lowest BCUT2D eigenvalue weighted by molar-refractivity contribution is -0.149. The third kappa shape index (κ3) is 3.75. The van der Waals surface area contributed by atoms with Gasteiger partial charge >= 0.3 is 5.97 Å². The first-order valence-electron chi connectivity index (χ1n) is 6.08. The molecule has 0 aliphatic carbocycles. The molecule has 0 aliphatic heterocycles. The van der Waals surface area contributed by atoms with Gasteiger partial charge in [0.1, 0.15) is 5.54 Å². The van der Waals surface area contributed by atoms with Gasteiger partial charge in [0.2, 0.25) is 0 Å². The fraction of sp³-hybridized carbons (Fsp3) is 0.500. The second kappa shape index (κ2) is 6.81. The number of aryl methyl sites for hydroxylation is 1. The number of thioether (sulfide) groups is 1. The fourth-order valence-electron chi connectivity index (χ4n) is 1.46. The summed E-state index contributed by atoms with van der Waals surface area (Å²) in [6, 6.07) is 8.17. The van der Waals surface area contributed by atoms with Crippen LogP contribution >= 0.6 is 11.8 Å². The Morgan fingerprint density at radius 2 is 2.11 bits per heavy atom. The van der Waals surface area contributed by atoms with Crippen LogP contribution < -0.4 is 5.32 Å². The quantitative estimate of drug-likeness (QED) is 0.635. The van der Waals surface area contributed by atoms with Gasteiger partial charge in [-0.2, -0.15) is 0 Å². The first-order valence-corrected chi connectivity index (χ1v) is 7.06. The molecule has 1 unspecified atom stereocenters. The number of carbonyl (C=O) groups excluding carboxylic acids is 1. The van der Waals surface area contributed by atoms with E-state index in [0.717, 1.165) is 0 Å². The molecule has 0 fully saturated rings. The molecule has 1 N–H and O–H groups in total. The van der Waals surface area contributed by atoms with Crippen LogP contribution in [0.2, 0.25) is 0 Å². The maximum absolute atomic E-state index is 11.9. The number of ether oxygens (including phenoxy) is 1. The summed E-state index contributed by atoms with van der Waals surface area (Å²) in [5.74, 6) is 0.446. The van der Waals surface area contributed by atoms with Crippen LogP contribution in [0.5, 0.6) is 0 Å². The van der Waals surface area contributed by atoms with Crippen molar-refractivity contribution in [2.75, 3.05) is 19.4 Å². The van der Waals surface area contributed by atoms with Gasteiger partial charge in [-0.25, -0.2) is 0 Å². The molecule has 1 atom stereocenters. The molecular weight excluding hydrogens is 246 g/mol. The molecule has 0 aromatic heterocycles. The van der Waals surface area contributed by atoms with E-state index >= 15 is 0 Å². The van der Waals surface area contributed by atoms with E-state index in [0.29, 0.717) is 12.4 Å². The zero-order valence-corrected chi connectivity index (χ0v) is 12.3. The van der Waals surface area contributed by atoms with Gasteiger partial charge in [0.05, 0.1) is 6.61 Å². The molecule has 0 amide bonds. The summed E-state index contributed by atoms with van der Waals surface area (Å²) in [5.41, 5.74) is 0.577. The van der Waals surface area contributed by atoms with Crippen LogP contribution in [0.1, 0.15) is 19.4 Å². The highest BCUT2D eigenvalue weighted by Gasteiger charge is 2.33. The average Bonchev–Trinajstić information content (AvgIpc) is 2.37. The smallest absolute Gasteiger partial charge is 0.326 e. The van der Waals surface area contributed by atoms with Crippen LogP contribution in [0.3, 0.4) is 0 Å². The van der Waals surface area contributed by atoms with Gasteiger partial charge < -0.3 is 10.1 Å². The summed E-state index contributed by atoms with van der Waals surface area (Å²) in [6.45, 7) is 6.17. The second-order valence-electron chi connectivity index (χ2n) is 4.36. The first-order chi connectivity index (χ1) is 8.53. The van der Waals surface area contributed by atoms with E-state index in [1.54, 1.807) is 18.8 Å². The minimum Gasteiger partial charge on any atom is -0.465 e. The summed E-state index contributed by atoms with van der Waals surface area (Å²) in [6.07, 6.45) is 0. The molecular formula is C14H21NO2S. The van der Waals surface area contributed by atoms with E-state index < -0.39 is 5.54 Å². The maximum atomic E-state index is 11.9. The lowest BCUT2D eigenvalue weighted by Crippen LogP contribution is -2.50. The number of likely N-dealkylation sites (N-methyl/N-ethyl adjacent to an activating group) is 1. The number of hydrogen-bond acceptors (Lipinski definition) is 4. The van der Waals surface area contributed by atoms with Crippen LogP contribution in [-0.2, 0) is 9.53 Å². The van der Waals surface area contributed by atoms with Crippen molar-refractivity contribution in [3.8, 4) is 0 Å². The number of nitrogens with one attached hydrogen (secondary N) is 1. The molecule has 3 nitrogen and oxygen atoms in total. The van der Waals surface area contributed by atoms with Crippen molar-refractivity contribution in [1.82, 2.24) is 5.32 Å². The van der Waals surface area contributed by atoms with Gasteiger partial charge in [0, 0.05) is 10.6 Å². The van der Waals surface area contributed by atoms with Crippen molar-refractivity contribution in [2.45, 2.75) is 31.2 Å². The van der Waals surface area contributed by atoms with Crippen LogP contribution in [0.25, 0.3) is 0 Å². The molecule has 0 aliphatic rings. The molecule has 0 saturated heterocycles. The Bertz CT molecular complexity index is 409. The molecule has 18 heavy (non-hydrogen) atoms. The predicted molar refractivity (Wildman–Crippen MR) is 76.0 cm³/mol.